The SMILES string of the molecule is CCN(CC)c1ccc(NC(=O)CCCN2C(=O)c3ccccc3C2=O)cc1. The maximum Gasteiger partial charge on any atom is 0.261 e. The first-order valence-electron chi connectivity index (χ1n) is 9.65. The Labute approximate surface area is 165 Å². The Morgan fingerprint density at radius 3 is 2.04 bits per heavy atom. The fraction of sp³-hybridized carbons (Fsp3) is 0.318. The molecule has 0 saturated heterocycles. The highest BCUT2D eigenvalue weighted by Gasteiger charge is 2.34. The molecule has 0 aromatic heterocycles. The molecule has 0 spiro atoms. The molecule has 2 aromatic rings. The molecule has 0 fully saturated rings. The summed E-state index contributed by atoms with van der Waals surface area (Å²) in [4.78, 5) is 40.3. The molecule has 0 saturated carbocycles. The standard InChI is InChI=1S/C22H25N3O3/c1-3-24(4-2)17-13-11-16(12-14-17)23-20(26)10-7-15-25-21(27)18-8-5-6-9-19(18)22(25)28/h5-6,8-9,11-14H,3-4,7,10,15H2,1-2H3,(H,23,26). The second-order valence-electron chi connectivity index (χ2n) is 6.68. The molecule has 0 bridgehead atoms. The Kier molecular flexibility index (Phi) is 6.09. The van der Waals surface area contributed by atoms with Crippen molar-refractivity contribution in [2.45, 2.75) is 26.7 Å². The number of nitrogens with zero attached hydrogens (tertiary/aromatic N) is 2. The number of nitrogens with one attached hydrogen (secondary N) is 1. The molecule has 3 amide bonds. The van der Waals surface area contributed by atoms with Crippen molar-refractivity contribution in [1.82, 2.24) is 4.90 Å². The van der Waals surface area contributed by atoms with Crippen LogP contribution in [-0.2, 0) is 4.79 Å². The lowest BCUT2D eigenvalue weighted by molar-refractivity contribution is -0.116. The summed E-state index contributed by atoms with van der Waals surface area (Å²) in [7, 11) is 0. The van der Waals surface area contributed by atoms with Crippen LogP contribution in [0.15, 0.2) is 48.5 Å². The Morgan fingerprint density at radius 2 is 1.50 bits per heavy atom. The van der Waals surface area contributed by atoms with Gasteiger partial charge in [-0.15, -0.1) is 0 Å². The smallest absolute Gasteiger partial charge is 0.261 e. The number of rotatable bonds is 8. The lowest BCUT2D eigenvalue weighted by Crippen LogP contribution is -2.31. The van der Waals surface area contributed by atoms with E-state index in [-0.39, 0.29) is 30.7 Å². The number of anilines is 2. The maximum atomic E-state index is 12.3. The predicted molar refractivity (Wildman–Crippen MR) is 110 cm³/mol. The summed E-state index contributed by atoms with van der Waals surface area (Å²) >= 11 is 0. The molecular formula is C22H25N3O3. The highest BCUT2D eigenvalue weighted by atomic mass is 16.2. The molecule has 146 valence electrons. The van der Waals surface area contributed by atoms with Crippen molar-refractivity contribution in [2.75, 3.05) is 29.9 Å². The van der Waals surface area contributed by atoms with E-state index in [2.05, 4.69) is 24.1 Å². The number of hydrogen-bond donors (Lipinski definition) is 1. The van der Waals surface area contributed by atoms with Crippen LogP contribution in [0.3, 0.4) is 0 Å². The van der Waals surface area contributed by atoms with Crippen LogP contribution < -0.4 is 10.2 Å². The summed E-state index contributed by atoms with van der Waals surface area (Å²) in [5.41, 5.74) is 2.73. The van der Waals surface area contributed by atoms with Crippen molar-refractivity contribution < 1.29 is 14.4 Å². The van der Waals surface area contributed by atoms with Gasteiger partial charge in [-0.1, -0.05) is 12.1 Å². The minimum atomic E-state index is -0.284. The summed E-state index contributed by atoms with van der Waals surface area (Å²) < 4.78 is 0. The summed E-state index contributed by atoms with van der Waals surface area (Å²) in [5, 5.41) is 2.86. The van der Waals surface area contributed by atoms with E-state index < -0.39 is 0 Å². The van der Waals surface area contributed by atoms with E-state index >= 15 is 0 Å². The zero-order valence-corrected chi connectivity index (χ0v) is 16.3. The molecule has 0 aliphatic carbocycles. The summed E-state index contributed by atoms with van der Waals surface area (Å²) in [6, 6.07) is 14.5. The number of hydrogen-bond acceptors (Lipinski definition) is 4. The number of benzene rings is 2. The molecule has 6 heteroatoms. The number of amides is 3. The number of fused-ring (bicyclic) bond motifs is 1. The van der Waals surface area contributed by atoms with Gasteiger partial charge in [-0.25, -0.2) is 0 Å². The number of imide groups is 1. The fourth-order valence-corrected chi connectivity index (χ4v) is 3.41. The first kappa shape index (κ1) is 19.6. The lowest BCUT2D eigenvalue weighted by atomic mass is 10.1. The van der Waals surface area contributed by atoms with Crippen molar-refractivity contribution >= 4 is 29.1 Å². The normalized spacial score (nSPS) is 12.9. The second-order valence-corrected chi connectivity index (χ2v) is 6.68. The topological polar surface area (TPSA) is 69.7 Å². The van der Waals surface area contributed by atoms with Gasteiger partial charge in [-0.3, -0.25) is 19.3 Å². The summed E-state index contributed by atoms with van der Waals surface area (Å²) in [6.07, 6.45) is 0.667. The van der Waals surface area contributed by atoms with Crippen LogP contribution in [0.2, 0.25) is 0 Å². The highest BCUT2D eigenvalue weighted by molar-refractivity contribution is 6.21. The van der Waals surface area contributed by atoms with Crippen molar-refractivity contribution in [3.05, 3.63) is 59.7 Å². The molecule has 2 aromatic carbocycles. The van der Waals surface area contributed by atoms with E-state index in [9.17, 15) is 14.4 Å². The number of carbonyl (C=O) groups excluding carboxylic acids is 3. The highest BCUT2D eigenvalue weighted by Crippen LogP contribution is 2.23. The quantitative estimate of drug-likeness (QED) is 0.712. The molecule has 0 atom stereocenters. The monoisotopic (exact) mass is 379 g/mol. The minimum Gasteiger partial charge on any atom is -0.372 e. The first-order valence-corrected chi connectivity index (χ1v) is 9.65. The maximum absolute atomic E-state index is 12.3. The van der Waals surface area contributed by atoms with Crippen molar-refractivity contribution in [3.8, 4) is 0 Å². The second kappa shape index (κ2) is 8.69. The molecule has 3 rings (SSSR count). The zero-order chi connectivity index (χ0) is 20.1. The summed E-state index contributed by atoms with van der Waals surface area (Å²) in [5.74, 6) is -0.701. The van der Waals surface area contributed by atoms with Crippen LogP contribution in [0.5, 0.6) is 0 Å². The molecule has 28 heavy (non-hydrogen) atoms. The van der Waals surface area contributed by atoms with Gasteiger partial charge < -0.3 is 10.2 Å². The van der Waals surface area contributed by atoms with E-state index in [1.165, 1.54) is 4.90 Å². The molecule has 1 heterocycles. The lowest BCUT2D eigenvalue weighted by Gasteiger charge is -2.21. The molecule has 0 radical (unpaired) electrons. The van der Waals surface area contributed by atoms with E-state index in [1.807, 2.05) is 24.3 Å². The van der Waals surface area contributed by atoms with E-state index in [0.29, 0.717) is 17.5 Å². The van der Waals surface area contributed by atoms with Crippen LogP contribution in [0.4, 0.5) is 11.4 Å². The average Bonchev–Trinajstić information content (AvgIpc) is 2.95. The van der Waals surface area contributed by atoms with Crippen molar-refractivity contribution in [3.63, 3.8) is 0 Å². The number of carbonyl (C=O) groups is 3. The van der Waals surface area contributed by atoms with Gasteiger partial charge in [0.15, 0.2) is 0 Å². The van der Waals surface area contributed by atoms with Gasteiger partial charge in [0.05, 0.1) is 11.1 Å². The molecular weight excluding hydrogens is 354 g/mol. The average molecular weight is 379 g/mol. The molecule has 0 unspecified atom stereocenters. The Bertz CT molecular complexity index is 838. The van der Waals surface area contributed by atoms with Crippen LogP contribution >= 0.6 is 0 Å². The Balaban J connectivity index is 1.49. The van der Waals surface area contributed by atoms with E-state index in [4.69, 9.17) is 0 Å². The Morgan fingerprint density at radius 1 is 0.929 bits per heavy atom. The molecule has 1 aliphatic rings. The zero-order valence-electron chi connectivity index (χ0n) is 16.3. The van der Waals surface area contributed by atoms with Gasteiger partial charge in [0.25, 0.3) is 11.8 Å². The summed E-state index contributed by atoms with van der Waals surface area (Å²) in [6.45, 7) is 6.31. The minimum absolute atomic E-state index is 0.132. The van der Waals surface area contributed by atoms with E-state index in [1.54, 1.807) is 24.3 Å². The molecule has 1 aliphatic heterocycles. The van der Waals surface area contributed by atoms with Crippen LogP contribution in [-0.4, -0.2) is 42.3 Å². The third-order valence-electron chi connectivity index (χ3n) is 4.94. The third kappa shape index (κ3) is 4.06. The first-order chi connectivity index (χ1) is 13.5. The van der Waals surface area contributed by atoms with Gasteiger partial charge in [-0.05, 0) is 56.7 Å². The molecule has 1 N–H and O–H groups in total. The fourth-order valence-electron chi connectivity index (χ4n) is 3.41. The largest absolute Gasteiger partial charge is 0.372 e. The van der Waals surface area contributed by atoms with Crippen molar-refractivity contribution in [1.29, 1.82) is 0 Å². The van der Waals surface area contributed by atoms with Gasteiger partial charge in [0.1, 0.15) is 0 Å². The van der Waals surface area contributed by atoms with Gasteiger partial charge in [-0.2, -0.15) is 0 Å². The van der Waals surface area contributed by atoms with Crippen molar-refractivity contribution in [2.24, 2.45) is 0 Å². The van der Waals surface area contributed by atoms with Crippen LogP contribution in [0.25, 0.3) is 0 Å². The predicted octanol–water partition coefficient (Wildman–Crippen LogP) is 3.55. The van der Waals surface area contributed by atoms with Gasteiger partial charge >= 0.3 is 0 Å². The Hall–Kier alpha value is -3.15. The van der Waals surface area contributed by atoms with Crippen LogP contribution in [0.1, 0.15) is 47.4 Å². The van der Waals surface area contributed by atoms with Gasteiger partial charge in [0, 0.05) is 37.4 Å². The molecule has 6 nitrogen and oxygen atoms in total. The van der Waals surface area contributed by atoms with Crippen LogP contribution in [0, 0.1) is 0 Å². The van der Waals surface area contributed by atoms with E-state index in [0.717, 1.165) is 24.5 Å². The van der Waals surface area contributed by atoms with Gasteiger partial charge in [0.2, 0.25) is 5.91 Å². The third-order valence-corrected chi connectivity index (χ3v) is 4.94.